The van der Waals surface area contributed by atoms with Crippen molar-refractivity contribution in [3.8, 4) is 5.75 Å². The Hall–Kier alpha value is -1.07. The van der Waals surface area contributed by atoms with Gasteiger partial charge >= 0.3 is 0 Å². The number of aliphatic hydroxyl groups is 1. The highest BCUT2D eigenvalue weighted by Crippen LogP contribution is 2.31. The molecule has 1 aromatic carbocycles. The van der Waals surface area contributed by atoms with Crippen LogP contribution in [-0.4, -0.2) is 30.6 Å². The molecule has 1 saturated heterocycles. The van der Waals surface area contributed by atoms with Crippen LogP contribution in [0, 0.1) is 0 Å². The van der Waals surface area contributed by atoms with E-state index < -0.39 is 21.2 Å². The summed E-state index contributed by atoms with van der Waals surface area (Å²) in [6.07, 6.45) is 1.23. The highest BCUT2D eigenvalue weighted by Gasteiger charge is 2.35. The van der Waals surface area contributed by atoms with Gasteiger partial charge in [0.2, 0.25) is 0 Å². The van der Waals surface area contributed by atoms with Crippen molar-refractivity contribution in [2.45, 2.75) is 50.6 Å². The lowest BCUT2D eigenvalue weighted by Crippen LogP contribution is -2.33. The number of hydrogen-bond acceptors (Lipinski definition) is 4. The summed E-state index contributed by atoms with van der Waals surface area (Å²) in [6, 6.07) is 7.03. The summed E-state index contributed by atoms with van der Waals surface area (Å²) < 4.78 is 29.6. The number of hydrogen-bond donors (Lipinski definition) is 1. The first kappa shape index (κ1) is 15.3. The summed E-state index contributed by atoms with van der Waals surface area (Å²) in [4.78, 5) is 0. The molecule has 0 spiro atoms. The number of sulfone groups is 1. The number of rotatable bonds is 4. The van der Waals surface area contributed by atoms with E-state index in [4.69, 9.17) is 4.74 Å². The summed E-state index contributed by atoms with van der Waals surface area (Å²) in [5.41, 5.74) is 0.636. The number of aliphatic hydroxyl groups excluding tert-OH is 1. The van der Waals surface area contributed by atoms with Gasteiger partial charge in [0, 0.05) is 0 Å². The lowest BCUT2D eigenvalue weighted by Gasteiger charge is -2.27. The zero-order valence-corrected chi connectivity index (χ0v) is 12.8. The largest absolute Gasteiger partial charge is 0.491 e. The van der Waals surface area contributed by atoms with Crippen LogP contribution in [0.5, 0.6) is 5.75 Å². The molecule has 2 atom stereocenters. The van der Waals surface area contributed by atoms with Crippen molar-refractivity contribution < 1.29 is 18.3 Å². The molecule has 1 N–H and O–H groups in total. The first-order valence-corrected chi connectivity index (χ1v) is 8.78. The van der Waals surface area contributed by atoms with Crippen LogP contribution in [0.25, 0.3) is 0 Å². The molecule has 0 aromatic heterocycles. The zero-order valence-electron chi connectivity index (χ0n) is 12.0. The Labute approximate surface area is 120 Å². The minimum atomic E-state index is -3.18. The van der Waals surface area contributed by atoms with Crippen LogP contribution in [0.1, 0.15) is 44.8 Å². The Balaban J connectivity index is 2.14. The Bertz CT molecular complexity index is 533. The average Bonchev–Trinajstić information content (AvgIpc) is 2.37. The van der Waals surface area contributed by atoms with Crippen LogP contribution in [-0.2, 0) is 9.84 Å². The summed E-state index contributed by atoms with van der Waals surface area (Å²) in [5, 5.41) is 9.66. The molecule has 0 saturated carbocycles. The minimum Gasteiger partial charge on any atom is -0.491 e. The van der Waals surface area contributed by atoms with Crippen molar-refractivity contribution in [3.63, 3.8) is 0 Å². The van der Waals surface area contributed by atoms with Gasteiger partial charge in [-0.2, -0.15) is 0 Å². The molecule has 5 heteroatoms. The van der Waals surface area contributed by atoms with Crippen LogP contribution >= 0.6 is 0 Å². The van der Waals surface area contributed by atoms with Gasteiger partial charge in [-0.1, -0.05) is 18.6 Å². The highest BCUT2D eigenvalue weighted by molar-refractivity contribution is 7.92. The van der Waals surface area contributed by atoms with E-state index in [0.717, 1.165) is 12.2 Å². The van der Waals surface area contributed by atoms with Crippen molar-refractivity contribution in [1.29, 1.82) is 0 Å². The van der Waals surface area contributed by atoms with Crippen LogP contribution in [0.15, 0.2) is 24.3 Å². The second-order valence-electron chi connectivity index (χ2n) is 5.58. The maximum absolute atomic E-state index is 12.0. The molecule has 0 radical (unpaired) electrons. The van der Waals surface area contributed by atoms with Crippen molar-refractivity contribution >= 4 is 9.84 Å². The Kier molecular flexibility index (Phi) is 4.70. The van der Waals surface area contributed by atoms with Gasteiger partial charge in [-0.3, -0.25) is 0 Å². The second kappa shape index (κ2) is 6.14. The standard InChI is InChI=1S/C15H22O4S/c1-11(2)19-13-8-6-12(7-9-13)15(16)14-5-3-4-10-20(14,17)18/h6-9,11,14-16H,3-5,10H2,1-2H3. The third kappa shape index (κ3) is 3.52. The average molecular weight is 298 g/mol. The molecular weight excluding hydrogens is 276 g/mol. The van der Waals surface area contributed by atoms with Crippen molar-refractivity contribution in [1.82, 2.24) is 0 Å². The topological polar surface area (TPSA) is 63.6 Å². The van der Waals surface area contributed by atoms with E-state index in [-0.39, 0.29) is 11.9 Å². The van der Waals surface area contributed by atoms with Gasteiger partial charge in [-0.05, 0) is 44.4 Å². The van der Waals surface area contributed by atoms with Gasteiger partial charge in [-0.15, -0.1) is 0 Å². The third-order valence-corrected chi connectivity index (χ3v) is 5.85. The minimum absolute atomic E-state index is 0.0875. The fourth-order valence-electron chi connectivity index (χ4n) is 2.56. The van der Waals surface area contributed by atoms with Gasteiger partial charge in [0.15, 0.2) is 9.84 Å². The molecule has 1 aliphatic rings. The third-order valence-electron chi connectivity index (χ3n) is 3.57. The SMILES string of the molecule is CC(C)Oc1ccc(C(O)C2CCCCS2(=O)=O)cc1. The molecule has 1 heterocycles. The fourth-order valence-corrected chi connectivity index (χ4v) is 4.55. The second-order valence-corrected chi connectivity index (χ2v) is 7.92. The van der Waals surface area contributed by atoms with Gasteiger partial charge in [-0.25, -0.2) is 8.42 Å². The van der Waals surface area contributed by atoms with E-state index in [2.05, 4.69) is 0 Å². The lowest BCUT2D eigenvalue weighted by molar-refractivity contribution is 0.164. The zero-order chi connectivity index (χ0) is 14.8. The van der Waals surface area contributed by atoms with E-state index in [1.807, 2.05) is 13.8 Å². The van der Waals surface area contributed by atoms with Gasteiger partial charge < -0.3 is 9.84 Å². The first-order valence-electron chi connectivity index (χ1n) is 7.06. The molecule has 1 aromatic rings. The number of benzene rings is 1. The van der Waals surface area contributed by atoms with Crippen LogP contribution in [0.3, 0.4) is 0 Å². The Morgan fingerprint density at radius 1 is 1.20 bits per heavy atom. The summed E-state index contributed by atoms with van der Waals surface area (Å²) in [5.74, 6) is 0.908. The maximum atomic E-state index is 12.0. The van der Waals surface area contributed by atoms with Crippen molar-refractivity contribution in [3.05, 3.63) is 29.8 Å². The summed E-state index contributed by atoms with van der Waals surface area (Å²) >= 11 is 0. The molecule has 20 heavy (non-hydrogen) atoms. The lowest BCUT2D eigenvalue weighted by atomic mass is 10.0. The monoisotopic (exact) mass is 298 g/mol. The molecule has 2 unspecified atom stereocenters. The molecule has 4 nitrogen and oxygen atoms in total. The van der Waals surface area contributed by atoms with Crippen molar-refractivity contribution in [2.75, 3.05) is 5.75 Å². The fraction of sp³-hybridized carbons (Fsp3) is 0.600. The smallest absolute Gasteiger partial charge is 0.156 e. The van der Waals surface area contributed by atoms with Crippen LogP contribution in [0.4, 0.5) is 0 Å². The molecular formula is C15H22O4S. The predicted octanol–water partition coefficient (Wildman–Crippen LogP) is 2.47. The summed E-state index contributed by atoms with van der Waals surface area (Å²) in [6.45, 7) is 3.88. The van der Waals surface area contributed by atoms with Crippen LogP contribution in [0.2, 0.25) is 0 Å². The van der Waals surface area contributed by atoms with Crippen LogP contribution < -0.4 is 4.74 Å². The molecule has 1 aliphatic heterocycles. The molecule has 112 valence electrons. The highest BCUT2D eigenvalue weighted by atomic mass is 32.2. The number of ether oxygens (including phenoxy) is 1. The van der Waals surface area contributed by atoms with E-state index in [9.17, 15) is 13.5 Å². The first-order chi connectivity index (χ1) is 9.40. The molecule has 0 amide bonds. The molecule has 1 fully saturated rings. The normalized spacial score (nSPS) is 23.5. The molecule has 2 rings (SSSR count). The summed E-state index contributed by atoms with van der Waals surface area (Å²) in [7, 11) is -3.18. The Morgan fingerprint density at radius 3 is 2.40 bits per heavy atom. The van der Waals surface area contributed by atoms with E-state index in [1.165, 1.54) is 0 Å². The van der Waals surface area contributed by atoms with Gasteiger partial charge in [0.05, 0.1) is 23.2 Å². The molecule has 0 aliphatic carbocycles. The van der Waals surface area contributed by atoms with E-state index in [0.29, 0.717) is 18.4 Å². The van der Waals surface area contributed by atoms with E-state index in [1.54, 1.807) is 24.3 Å². The van der Waals surface area contributed by atoms with Gasteiger partial charge in [0.25, 0.3) is 0 Å². The quantitative estimate of drug-likeness (QED) is 0.927. The maximum Gasteiger partial charge on any atom is 0.156 e. The van der Waals surface area contributed by atoms with Gasteiger partial charge in [0.1, 0.15) is 5.75 Å². The van der Waals surface area contributed by atoms with Crippen molar-refractivity contribution in [2.24, 2.45) is 0 Å². The molecule has 0 bridgehead atoms. The van der Waals surface area contributed by atoms with E-state index >= 15 is 0 Å². The Morgan fingerprint density at radius 2 is 1.85 bits per heavy atom. The predicted molar refractivity (Wildman–Crippen MR) is 78.6 cm³/mol.